The molecule has 110 valence electrons. The van der Waals surface area contributed by atoms with Gasteiger partial charge in [-0.3, -0.25) is 14.8 Å². The van der Waals surface area contributed by atoms with Gasteiger partial charge >= 0.3 is 0 Å². The van der Waals surface area contributed by atoms with Crippen molar-refractivity contribution in [3.63, 3.8) is 0 Å². The highest BCUT2D eigenvalue weighted by Gasteiger charge is 2.13. The molecule has 0 spiro atoms. The van der Waals surface area contributed by atoms with E-state index in [2.05, 4.69) is 25.6 Å². The largest absolute Gasteiger partial charge is 0.370 e. The number of rotatable bonds is 5. The molecule has 0 unspecified atom stereocenters. The van der Waals surface area contributed by atoms with Crippen LogP contribution in [0.25, 0.3) is 0 Å². The second-order valence-corrected chi connectivity index (χ2v) is 4.41. The number of hydrogen-bond acceptors (Lipinski definition) is 5. The molecule has 2 heterocycles. The van der Waals surface area contributed by atoms with E-state index in [0.717, 1.165) is 18.0 Å². The van der Waals surface area contributed by atoms with Crippen molar-refractivity contribution in [2.75, 3.05) is 11.9 Å². The van der Waals surface area contributed by atoms with E-state index < -0.39 is 11.7 Å². The van der Waals surface area contributed by atoms with E-state index in [1.807, 2.05) is 13.8 Å². The standard InChI is InChI=1S/C14H16FN5O/c1-3-16-13-12(4-10(15)6-19-13)14(21)20-8-11-7-17-9(2)5-18-11/h4-7H,3,8H2,1-2H3,(H,16,19)(H,20,21). The van der Waals surface area contributed by atoms with Crippen molar-refractivity contribution >= 4 is 11.7 Å². The molecule has 0 radical (unpaired) electrons. The summed E-state index contributed by atoms with van der Waals surface area (Å²) in [5.41, 5.74) is 1.59. The Kier molecular flexibility index (Phi) is 4.76. The molecule has 1 amide bonds. The lowest BCUT2D eigenvalue weighted by Crippen LogP contribution is -2.25. The molecule has 0 aromatic carbocycles. The summed E-state index contributed by atoms with van der Waals surface area (Å²) in [7, 11) is 0. The third-order valence-corrected chi connectivity index (χ3v) is 2.71. The second-order valence-electron chi connectivity index (χ2n) is 4.41. The van der Waals surface area contributed by atoms with Gasteiger partial charge < -0.3 is 10.6 Å². The summed E-state index contributed by atoms with van der Waals surface area (Å²) >= 11 is 0. The zero-order chi connectivity index (χ0) is 15.2. The van der Waals surface area contributed by atoms with Crippen LogP contribution in [0.3, 0.4) is 0 Å². The van der Waals surface area contributed by atoms with E-state index in [4.69, 9.17) is 0 Å². The fourth-order valence-corrected chi connectivity index (χ4v) is 1.70. The van der Waals surface area contributed by atoms with Crippen molar-refractivity contribution in [3.05, 3.63) is 47.4 Å². The molecule has 2 aromatic rings. The number of nitrogens with zero attached hydrogens (tertiary/aromatic N) is 3. The molecule has 0 bridgehead atoms. The first-order valence-electron chi connectivity index (χ1n) is 6.55. The van der Waals surface area contributed by atoms with Crippen molar-refractivity contribution in [2.24, 2.45) is 0 Å². The van der Waals surface area contributed by atoms with Crippen LogP contribution in [0.5, 0.6) is 0 Å². The zero-order valence-electron chi connectivity index (χ0n) is 11.9. The van der Waals surface area contributed by atoms with Crippen LogP contribution in [0.4, 0.5) is 10.2 Å². The topological polar surface area (TPSA) is 79.8 Å². The molecule has 2 aromatic heterocycles. The molecule has 6 nitrogen and oxygen atoms in total. The number of anilines is 1. The SMILES string of the molecule is CCNc1ncc(F)cc1C(=O)NCc1cnc(C)cn1. The maximum atomic E-state index is 13.3. The molecule has 2 N–H and O–H groups in total. The van der Waals surface area contributed by atoms with Gasteiger partial charge in [-0.15, -0.1) is 0 Å². The molecule has 7 heteroatoms. The molecule has 21 heavy (non-hydrogen) atoms. The molecule has 0 aliphatic rings. The minimum Gasteiger partial charge on any atom is -0.370 e. The third-order valence-electron chi connectivity index (χ3n) is 2.71. The average Bonchev–Trinajstić information content (AvgIpc) is 2.48. The van der Waals surface area contributed by atoms with Crippen LogP contribution in [0.15, 0.2) is 24.7 Å². The average molecular weight is 289 g/mol. The van der Waals surface area contributed by atoms with Gasteiger partial charge in [0.2, 0.25) is 0 Å². The number of carbonyl (C=O) groups is 1. The summed E-state index contributed by atoms with van der Waals surface area (Å²) in [6, 6.07) is 1.15. The molecule has 0 fully saturated rings. The predicted molar refractivity (Wildman–Crippen MR) is 76.3 cm³/mol. The lowest BCUT2D eigenvalue weighted by Gasteiger charge is -2.10. The second kappa shape index (κ2) is 6.74. The van der Waals surface area contributed by atoms with E-state index >= 15 is 0 Å². The van der Waals surface area contributed by atoms with Gasteiger partial charge in [-0.2, -0.15) is 0 Å². The van der Waals surface area contributed by atoms with Crippen LogP contribution in [0.2, 0.25) is 0 Å². The zero-order valence-corrected chi connectivity index (χ0v) is 11.9. The van der Waals surface area contributed by atoms with Crippen LogP contribution >= 0.6 is 0 Å². The van der Waals surface area contributed by atoms with Crippen LogP contribution in [0.1, 0.15) is 28.7 Å². The van der Waals surface area contributed by atoms with Crippen molar-refractivity contribution in [3.8, 4) is 0 Å². The van der Waals surface area contributed by atoms with E-state index in [9.17, 15) is 9.18 Å². The number of aromatic nitrogens is 3. The van der Waals surface area contributed by atoms with Crippen molar-refractivity contribution < 1.29 is 9.18 Å². The summed E-state index contributed by atoms with van der Waals surface area (Å²) in [5, 5.41) is 5.60. The number of carbonyl (C=O) groups excluding carboxylic acids is 1. The summed E-state index contributed by atoms with van der Waals surface area (Å²) in [6.07, 6.45) is 4.28. The first kappa shape index (κ1) is 14.8. The van der Waals surface area contributed by atoms with Crippen LogP contribution in [0, 0.1) is 12.7 Å². The Balaban J connectivity index is 2.09. The lowest BCUT2D eigenvalue weighted by molar-refractivity contribution is 0.0950. The first-order valence-corrected chi connectivity index (χ1v) is 6.55. The van der Waals surface area contributed by atoms with E-state index in [1.54, 1.807) is 12.4 Å². The number of amides is 1. The molecule has 0 atom stereocenters. The monoisotopic (exact) mass is 289 g/mol. The molecular formula is C14H16FN5O. The normalized spacial score (nSPS) is 10.2. The van der Waals surface area contributed by atoms with Crippen molar-refractivity contribution in [1.82, 2.24) is 20.3 Å². The van der Waals surface area contributed by atoms with Crippen LogP contribution in [-0.4, -0.2) is 27.4 Å². The highest BCUT2D eigenvalue weighted by molar-refractivity contribution is 5.98. The number of hydrogen-bond donors (Lipinski definition) is 2. The fourth-order valence-electron chi connectivity index (χ4n) is 1.70. The Morgan fingerprint density at radius 2 is 2.05 bits per heavy atom. The molecular weight excluding hydrogens is 273 g/mol. The number of nitrogens with one attached hydrogen (secondary N) is 2. The Bertz CT molecular complexity index is 630. The quantitative estimate of drug-likeness (QED) is 0.875. The molecule has 0 aliphatic carbocycles. The lowest BCUT2D eigenvalue weighted by atomic mass is 10.2. The molecule has 0 saturated carbocycles. The summed E-state index contributed by atoms with van der Waals surface area (Å²) < 4.78 is 13.3. The van der Waals surface area contributed by atoms with Gasteiger partial charge in [0.25, 0.3) is 5.91 Å². The summed E-state index contributed by atoms with van der Waals surface area (Å²) in [5.74, 6) is -0.622. The Hall–Kier alpha value is -2.57. The highest BCUT2D eigenvalue weighted by Crippen LogP contribution is 2.13. The number of aryl methyl sites for hydroxylation is 1. The first-order chi connectivity index (χ1) is 10.1. The van der Waals surface area contributed by atoms with Gasteiger partial charge in [0, 0.05) is 12.7 Å². The summed E-state index contributed by atoms with van der Waals surface area (Å²) in [4.78, 5) is 24.2. The number of halogens is 1. The van der Waals surface area contributed by atoms with Crippen molar-refractivity contribution in [1.29, 1.82) is 0 Å². The Labute approximate surface area is 121 Å². The van der Waals surface area contributed by atoms with Crippen LogP contribution in [-0.2, 0) is 6.54 Å². The van der Waals surface area contributed by atoms with Gasteiger partial charge in [0.15, 0.2) is 0 Å². The van der Waals surface area contributed by atoms with Gasteiger partial charge in [0.1, 0.15) is 11.6 Å². The minimum atomic E-state index is -0.558. The van der Waals surface area contributed by atoms with E-state index in [0.29, 0.717) is 18.1 Å². The van der Waals surface area contributed by atoms with Gasteiger partial charge in [-0.05, 0) is 19.9 Å². The smallest absolute Gasteiger partial charge is 0.255 e. The number of pyridine rings is 1. The van der Waals surface area contributed by atoms with Crippen LogP contribution < -0.4 is 10.6 Å². The molecule has 0 saturated heterocycles. The fraction of sp³-hybridized carbons (Fsp3) is 0.286. The summed E-state index contributed by atoms with van der Waals surface area (Å²) in [6.45, 7) is 4.50. The van der Waals surface area contributed by atoms with Crippen molar-refractivity contribution in [2.45, 2.75) is 20.4 Å². The maximum Gasteiger partial charge on any atom is 0.255 e. The highest BCUT2D eigenvalue weighted by atomic mass is 19.1. The molecule has 2 rings (SSSR count). The van der Waals surface area contributed by atoms with Gasteiger partial charge in [0.05, 0.1) is 35.9 Å². The van der Waals surface area contributed by atoms with E-state index in [1.165, 1.54) is 0 Å². The molecule has 0 aliphatic heterocycles. The Morgan fingerprint density at radius 3 is 2.71 bits per heavy atom. The van der Waals surface area contributed by atoms with Gasteiger partial charge in [-0.25, -0.2) is 9.37 Å². The minimum absolute atomic E-state index is 0.164. The maximum absolute atomic E-state index is 13.3. The third kappa shape index (κ3) is 3.95. The Morgan fingerprint density at radius 1 is 1.24 bits per heavy atom. The van der Waals surface area contributed by atoms with Gasteiger partial charge in [-0.1, -0.05) is 0 Å². The predicted octanol–water partition coefficient (Wildman–Crippen LogP) is 1.68. The van der Waals surface area contributed by atoms with E-state index in [-0.39, 0.29) is 12.1 Å².